The summed E-state index contributed by atoms with van der Waals surface area (Å²) in [7, 11) is 1.37. The topological polar surface area (TPSA) is 58.6 Å². The number of nitrogens with zero attached hydrogens (tertiary/aromatic N) is 1. The van der Waals surface area contributed by atoms with E-state index >= 15 is 0 Å². The quantitative estimate of drug-likeness (QED) is 0.709. The molecule has 1 saturated heterocycles. The van der Waals surface area contributed by atoms with E-state index in [1.54, 1.807) is 12.1 Å². The molecule has 1 aromatic carbocycles. The van der Waals surface area contributed by atoms with Gasteiger partial charge in [-0.25, -0.2) is 4.79 Å². The van der Waals surface area contributed by atoms with Crippen LogP contribution < -0.4 is 5.32 Å². The van der Waals surface area contributed by atoms with Crippen molar-refractivity contribution in [3.63, 3.8) is 0 Å². The molecule has 0 spiro atoms. The van der Waals surface area contributed by atoms with Crippen molar-refractivity contribution in [2.24, 2.45) is 5.92 Å². The van der Waals surface area contributed by atoms with Gasteiger partial charge in [0.15, 0.2) is 0 Å². The molecule has 0 bridgehead atoms. The number of ether oxygens (including phenoxy) is 1. The lowest BCUT2D eigenvalue weighted by atomic mass is 9.91. The van der Waals surface area contributed by atoms with E-state index in [4.69, 9.17) is 4.74 Å². The number of hydrogen-bond acceptors (Lipinski definition) is 4. The summed E-state index contributed by atoms with van der Waals surface area (Å²) in [6, 6.07) is 7.30. The van der Waals surface area contributed by atoms with Gasteiger partial charge in [-0.2, -0.15) is 0 Å². The van der Waals surface area contributed by atoms with Gasteiger partial charge in [-0.3, -0.25) is 9.69 Å². The Morgan fingerprint density at radius 1 is 1.30 bits per heavy atom. The standard InChI is InChI=1S/C22H34N2O3/c1-5-17-9-8-14-24(15-17)22(2,3)16-23-20(25)13-12-18-10-6-7-11-19(18)21(26)27-4/h6-7,10-11,17H,5,8-9,12-16H2,1-4H3,(H,23,25)/t17-/m1/s1. The molecule has 1 aliphatic heterocycles. The van der Waals surface area contributed by atoms with Crippen LogP contribution >= 0.6 is 0 Å². The molecule has 0 aliphatic carbocycles. The molecule has 1 aliphatic rings. The summed E-state index contributed by atoms with van der Waals surface area (Å²) in [4.78, 5) is 26.7. The van der Waals surface area contributed by atoms with E-state index in [1.165, 1.54) is 26.4 Å². The maximum atomic E-state index is 12.4. The van der Waals surface area contributed by atoms with Crippen molar-refractivity contribution in [1.82, 2.24) is 10.2 Å². The van der Waals surface area contributed by atoms with Crippen LogP contribution in [0.4, 0.5) is 0 Å². The highest BCUT2D eigenvalue weighted by Gasteiger charge is 2.31. The van der Waals surface area contributed by atoms with Crippen LogP contribution in [0.5, 0.6) is 0 Å². The molecule has 0 saturated carbocycles. The number of carbonyl (C=O) groups excluding carboxylic acids is 2. The minimum Gasteiger partial charge on any atom is -0.465 e. The maximum Gasteiger partial charge on any atom is 0.338 e. The number of piperidine rings is 1. The number of esters is 1. The number of benzene rings is 1. The van der Waals surface area contributed by atoms with Crippen molar-refractivity contribution < 1.29 is 14.3 Å². The monoisotopic (exact) mass is 374 g/mol. The summed E-state index contributed by atoms with van der Waals surface area (Å²) in [5.41, 5.74) is 1.33. The molecule has 1 amide bonds. The minimum absolute atomic E-state index is 0.0202. The number of methoxy groups -OCH3 is 1. The van der Waals surface area contributed by atoms with Gasteiger partial charge in [0, 0.05) is 25.0 Å². The summed E-state index contributed by atoms with van der Waals surface area (Å²) in [5, 5.41) is 3.09. The average molecular weight is 375 g/mol. The Morgan fingerprint density at radius 3 is 2.74 bits per heavy atom. The van der Waals surface area contributed by atoms with Gasteiger partial charge in [0.1, 0.15) is 0 Å². The van der Waals surface area contributed by atoms with E-state index in [1.807, 2.05) is 12.1 Å². The molecule has 27 heavy (non-hydrogen) atoms. The summed E-state index contributed by atoms with van der Waals surface area (Å²) in [6.07, 6.45) is 4.66. The largest absolute Gasteiger partial charge is 0.465 e. The lowest BCUT2D eigenvalue weighted by Crippen LogP contribution is -2.54. The molecule has 150 valence electrons. The summed E-state index contributed by atoms with van der Waals surface area (Å²) in [5.74, 6) is 0.429. The number of aryl methyl sites for hydroxylation is 1. The van der Waals surface area contributed by atoms with Gasteiger partial charge in [0.05, 0.1) is 12.7 Å². The van der Waals surface area contributed by atoms with Gasteiger partial charge in [-0.1, -0.05) is 31.5 Å². The highest BCUT2D eigenvalue weighted by Crippen LogP contribution is 2.25. The number of likely N-dealkylation sites (tertiary alicyclic amines) is 1. The van der Waals surface area contributed by atoms with Crippen molar-refractivity contribution in [1.29, 1.82) is 0 Å². The molecule has 1 heterocycles. The van der Waals surface area contributed by atoms with Crippen LogP contribution in [-0.4, -0.2) is 49.1 Å². The van der Waals surface area contributed by atoms with Crippen LogP contribution in [-0.2, 0) is 16.0 Å². The number of hydrogen-bond donors (Lipinski definition) is 1. The van der Waals surface area contributed by atoms with Crippen LogP contribution in [0.25, 0.3) is 0 Å². The van der Waals surface area contributed by atoms with Crippen molar-refractivity contribution in [2.75, 3.05) is 26.7 Å². The molecule has 0 aromatic heterocycles. The zero-order valence-corrected chi connectivity index (χ0v) is 17.2. The molecule has 1 aromatic rings. The molecule has 0 unspecified atom stereocenters. The van der Waals surface area contributed by atoms with E-state index in [2.05, 4.69) is 31.0 Å². The second-order valence-corrected chi connectivity index (χ2v) is 8.10. The Bertz CT molecular complexity index is 642. The van der Waals surface area contributed by atoms with Gasteiger partial charge in [-0.15, -0.1) is 0 Å². The molecule has 0 radical (unpaired) electrons. The van der Waals surface area contributed by atoms with Gasteiger partial charge < -0.3 is 10.1 Å². The fourth-order valence-corrected chi connectivity index (χ4v) is 3.76. The van der Waals surface area contributed by atoms with Crippen LogP contribution in [0, 0.1) is 5.92 Å². The lowest BCUT2D eigenvalue weighted by molar-refractivity contribution is -0.121. The van der Waals surface area contributed by atoms with Gasteiger partial charge in [0.2, 0.25) is 5.91 Å². The number of carbonyl (C=O) groups is 2. The van der Waals surface area contributed by atoms with Crippen LogP contribution in [0.2, 0.25) is 0 Å². The molecule has 1 atom stereocenters. The van der Waals surface area contributed by atoms with E-state index < -0.39 is 0 Å². The molecule has 5 heteroatoms. The Kier molecular flexibility index (Phi) is 7.84. The second kappa shape index (κ2) is 9.88. The number of nitrogens with one attached hydrogen (secondary N) is 1. The van der Waals surface area contributed by atoms with Gasteiger partial charge in [0.25, 0.3) is 0 Å². The first-order valence-electron chi connectivity index (χ1n) is 10.1. The highest BCUT2D eigenvalue weighted by atomic mass is 16.5. The summed E-state index contributed by atoms with van der Waals surface area (Å²) >= 11 is 0. The second-order valence-electron chi connectivity index (χ2n) is 8.10. The Labute approximate surface area is 163 Å². The van der Waals surface area contributed by atoms with Gasteiger partial charge >= 0.3 is 5.97 Å². The predicted molar refractivity (Wildman–Crippen MR) is 108 cm³/mol. The number of amides is 1. The molecule has 1 N–H and O–H groups in total. The van der Waals surface area contributed by atoms with E-state index in [9.17, 15) is 9.59 Å². The highest BCUT2D eigenvalue weighted by molar-refractivity contribution is 5.91. The van der Waals surface area contributed by atoms with Crippen molar-refractivity contribution in [2.45, 2.75) is 58.4 Å². The Hall–Kier alpha value is -1.88. The zero-order valence-electron chi connectivity index (χ0n) is 17.2. The van der Waals surface area contributed by atoms with Crippen LogP contribution in [0.1, 0.15) is 62.4 Å². The molecule has 5 nitrogen and oxygen atoms in total. The van der Waals surface area contributed by atoms with Gasteiger partial charge in [-0.05, 0) is 57.2 Å². The fraction of sp³-hybridized carbons (Fsp3) is 0.636. The van der Waals surface area contributed by atoms with E-state index in [0.29, 0.717) is 24.9 Å². The molecular formula is C22H34N2O3. The molecule has 1 fully saturated rings. The van der Waals surface area contributed by atoms with Crippen LogP contribution in [0.3, 0.4) is 0 Å². The smallest absolute Gasteiger partial charge is 0.338 e. The average Bonchev–Trinajstić information content (AvgIpc) is 2.70. The molecule has 2 rings (SSSR count). The molecular weight excluding hydrogens is 340 g/mol. The first-order chi connectivity index (χ1) is 12.9. The third-order valence-electron chi connectivity index (χ3n) is 5.71. The van der Waals surface area contributed by atoms with Crippen molar-refractivity contribution in [3.8, 4) is 0 Å². The minimum atomic E-state index is -0.359. The predicted octanol–water partition coefficient (Wildman–Crippen LogP) is 3.42. The fourth-order valence-electron chi connectivity index (χ4n) is 3.76. The first-order valence-corrected chi connectivity index (χ1v) is 10.1. The Morgan fingerprint density at radius 2 is 2.04 bits per heavy atom. The third kappa shape index (κ3) is 6.06. The lowest BCUT2D eigenvalue weighted by Gasteiger charge is -2.43. The third-order valence-corrected chi connectivity index (χ3v) is 5.71. The first kappa shape index (κ1) is 21.4. The number of rotatable bonds is 8. The van der Waals surface area contributed by atoms with Crippen molar-refractivity contribution >= 4 is 11.9 Å². The SMILES string of the molecule is CC[C@@H]1CCCN(C(C)(C)CNC(=O)CCc2ccccc2C(=O)OC)C1. The Balaban J connectivity index is 1.85. The van der Waals surface area contributed by atoms with Crippen molar-refractivity contribution in [3.05, 3.63) is 35.4 Å². The van der Waals surface area contributed by atoms with Crippen LogP contribution in [0.15, 0.2) is 24.3 Å². The van der Waals surface area contributed by atoms with E-state index in [-0.39, 0.29) is 17.4 Å². The maximum absolute atomic E-state index is 12.4. The zero-order chi connectivity index (χ0) is 19.9. The van der Waals surface area contributed by atoms with E-state index in [0.717, 1.165) is 24.6 Å². The summed E-state index contributed by atoms with van der Waals surface area (Å²) < 4.78 is 4.82. The summed E-state index contributed by atoms with van der Waals surface area (Å²) in [6.45, 7) is 9.53. The normalized spacial score (nSPS) is 18.1.